The van der Waals surface area contributed by atoms with Gasteiger partial charge in [0.2, 0.25) is 0 Å². The number of hydrogen-bond donors (Lipinski definition) is 3. The first-order valence-electron chi connectivity index (χ1n) is 6.94. The summed E-state index contributed by atoms with van der Waals surface area (Å²) in [5, 5.41) is 28.0. The molecule has 0 amide bonds. The molecule has 108 valence electrons. The Kier molecular flexibility index (Phi) is 7.77. The molecule has 1 heterocycles. The smallest absolute Gasteiger partial charge is 0.186 e. The molecule has 1 aliphatic heterocycles. The van der Waals surface area contributed by atoms with Crippen LogP contribution in [-0.2, 0) is 9.47 Å². The van der Waals surface area contributed by atoms with Gasteiger partial charge < -0.3 is 24.8 Å². The van der Waals surface area contributed by atoms with Gasteiger partial charge in [0.15, 0.2) is 6.29 Å². The molecule has 3 N–H and O–H groups in total. The lowest BCUT2D eigenvalue weighted by Gasteiger charge is -2.15. The Balaban J connectivity index is 2.05. The van der Waals surface area contributed by atoms with Crippen LogP contribution in [0.3, 0.4) is 0 Å². The van der Waals surface area contributed by atoms with Crippen LogP contribution < -0.4 is 0 Å². The second-order valence-electron chi connectivity index (χ2n) is 4.85. The maximum Gasteiger partial charge on any atom is 0.186 e. The topological polar surface area (TPSA) is 79.2 Å². The van der Waals surface area contributed by atoms with Gasteiger partial charge >= 0.3 is 0 Å². The van der Waals surface area contributed by atoms with Crippen molar-refractivity contribution < 1.29 is 24.8 Å². The maximum absolute atomic E-state index is 9.62. The first kappa shape index (κ1) is 15.9. The number of hydrogen-bond acceptors (Lipinski definition) is 5. The molecule has 0 aromatic heterocycles. The lowest BCUT2D eigenvalue weighted by molar-refractivity contribution is -0.169. The molecule has 0 aliphatic carbocycles. The molecule has 5 heteroatoms. The van der Waals surface area contributed by atoms with Gasteiger partial charge in [-0.15, -0.1) is 0 Å². The Morgan fingerprint density at radius 3 is 2.28 bits per heavy atom. The molecule has 0 bridgehead atoms. The summed E-state index contributed by atoms with van der Waals surface area (Å²) < 4.78 is 10.6. The molecule has 0 spiro atoms. The summed E-state index contributed by atoms with van der Waals surface area (Å²) >= 11 is 0. The lowest BCUT2D eigenvalue weighted by Crippen LogP contribution is -2.34. The van der Waals surface area contributed by atoms with Crippen molar-refractivity contribution in [2.24, 2.45) is 0 Å². The maximum atomic E-state index is 9.62. The second-order valence-corrected chi connectivity index (χ2v) is 4.85. The van der Waals surface area contributed by atoms with Gasteiger partial charge in [-0.2, -0.15) is 0 Å². The summed E-state index contributed by atoms with van der Waals surface area (Å²) in [4.78, 5) is 0. The predicted octanol–water partition coefficient (Wildman–Crippen LogP) is 0.802. The summed E-state index contributed by atoms with van der Waals surface area (Å²) in [5.74, 6) is 0. The van der Waals surface area contributed by atoms with E-state index < -0.39 is 24.6 Å². The van der Waals surface area contributed by atoms with E-state index in [1.54, 1.807) is 0 Å². The number of rotatable bonds is 9. The Labute approximate surface area is 109 Å². The van der Waals surface area contributed by atoms with E-state index in [0.29, 0.717) is 6.61 Å². The molecule has 5 nitrogen and oxygen atoms in total. The standard InChI is InChI=1S/C13H26O5/c1-2-3-4-5-6-7-8-17-13-12(16)11(15)10(9-14)18-13/h10-16H,2-9H2,1H3/t10-,11-,12+,13+/m1/s1. The number of aliphatic hydroxyl groups excluding tert-OH is 3. The highest BCUT2D eigenvalue weighted by molar-refractivity contribution is 4.86. The fourth-order valence-corrected chi connectivity index (χ4v) is 2.08. The minimum atomic E-state index is -1.07. The molecule has 18 heavy (non-hydrogen) atoms. The van der Waals surface area contributed by atoms with Gasteiger partial charge in [0.25, 0.3) is 0 Å². The SMILES string of the molecule is CCCCCCCCO[C@H]1O[C@H](CO)[C@@H](O)[C@@H]1O. The van der Waals surface area contributed by atoms with Crippen LogP contribution in [0.4, 0.5) is 0 Å². The summed E-state index contributed by atoms with van der Waals surface area (Å²) in [7, 11) is 0. The minimum Gasteiger partial charge on any atom is -0.394 e. The van der Waals surface area contributed by atoms with Gasteiger partial charge in [-0.25, -0.2) is 0 Å². The van der Waals surface area contributed by atoms with E-state index in [9.17, 15) is 10.2 Å². The summed E-state index contributed by atoms with van der Waals surface area (Å²) in [6.07, 6.45) is 3.31. The van der Waals surface area contributed by atoms with E-state index in [0.717, 1.165) is 12.8 Å². The van der Waals surface area contributed by atoms with Crippen LogP contribution in [-0.4, -0.2) is 53.1 Å². The predicted molar refractivity (Wildman–Crippen MR) is 67.1 cm³/mol. The van der Waals surface area contributed by atoms with Gasteiger partial charge in [-0.1, -0.05) is 39.0 Å². The van der Waals surface area contributed by atoms with Crippen molar-refractivity contribution in [1.82, 2.24) is 0 Å². The lowest BCUT2D eigenvalue weighted by atomic mass is 10.1. The first-order valence-corrected chi connectivity index (χ1v) is 6.94. The van der Waals surface area contributed by atoms with E-state index in [2.05, 4.69) is 6.92 Å². The third-order valence-electron chi connectivity index (χ3n) is 3.28. The Bertz CT molecular complexity index is 212. The van der Waals surface area contributed by atoms with Gasteiger partial charge in [0.1, 0.15) is 18.3 Å². The van der Waals surface area contributed by atoms with Crippen molar-refractivity contribution in [3.63, 3.8) is 0 Å². The van der Waals surface area contributed by atoms with Crippen LogP contribution in [0, 0.1) is 0 Å². The Hall–Kier alpha value is -0.200. The minimum absolute atomic E-state index is 0.310. The number of ether oxygens (including phenoxy) is 2. The van der Waals surface area contributed by atoms with Crippen molar-refractivity contribution >= 4 is 0 Å². The molecular weight excluding hydrogens is 236 g/mol. The molecule has 0 radical (unpaired) electrons. The molecule has 0 saturated carbocycles. The highest BCUT2D eigenvalue weighted by atomic mass is 16.7. The molecule has 1 fully saturated rings. The van der Waals surface area contributed by atoms with Crippen molar-refractivity contribution in [2.75, 3.05) is 13.2 Å². The molecule has 1 rings (SSSR count). The Morgan fingerprint density at radius 1 is 1.00 bits per heavy atom. The van der Waals surface area contributed by atoms with Crippen LogP contribution in [0.5, 0.6) is 0 Å². The zero-order chi connectivity index (χ0) is 13.4. The molecule has 0 unspecified atom stereocenters. The quantitative estimate of drug-likeness (QED) is 0.536. The fourth-order valence-electron chi connectivity index (χ4n) is 2.08. The highest BCUT2D eigenvalue weighted by Crippen LogP contribution is 2.22. The van der Waals surface area contributed by atoms with E-state index in [4.69, 9.17) is 14.6 Å². The monoisotopic (exact) mass is 262 g/mol. The largest absolute Gasteiger partial charge is 0.394 e. The van der Waals surface area contributed by atoms with E-state index >= 15 is 0 Å². The molecule has 0 aromatic carbocycles. The van der Waals surface area contributed by atoms with Crippen LogP contribution in [0.25, 0.3) is 0 Å². The number of unbranched alkanes of at least 4 members (excludes halogenated alkanes) is 5. The van der Waals surface area contributed by atoms with E-state index in [-0.39, 0.29) is 6.61 Å². The van der Waals surface area contributed by atoms with Crippen LogP contribution in [0.1, 0.15) is 45.4 Å². The molecule has 1 aliphatic rings. The molecular formula is C13H26O5. The first-order chi connectivity index (χ1) is 8.70. The van der Waals surface area contributed by atoms with Crippen LogP contribution in [0.15, 0.2) is 0 Å². The van der Waals surface area contributed by atoms with Crippen molar-refractivity contribution in [2.45, 2.75) is 70.1 Å². The van der Waals surface area contributed by atoms with Crippen molar-refractivity contribution in [3.05, 3.63) is 0 Å². The molecule has 1 saturated heterocycles. The van der Waals surface area contributed by atoms with Crippen molar-refractivity contribution in [1.29, 1.82) is 0 Å². The summed E-state index contributed by atoms with van der Waals surface area (Å²) in [6, 6.07) is 0. The second kappa shape index (κ2) is 8.82. The van der Waals surface area contributed by atoms with Gasteiger partial charge in [-0.3, -0.25) is 0 Å². The van der Waals surface area contributed by atoms with Gasteiger partial charge in [0, 0.05) is 6.61 Å². The summed E-state index contributed by atoms with van der Waals surface area (Å²) in [5.41, 5.74) is 0. The highest BCUT2D eigenvalue weighted by Gasteiger charge is 2.42. The van der Waals surface area contributed by atoms with Gasteiger partial charge in [0.05, 0.1) is 6.61 Å². The normalized spacial score (nSPS) is 32.0. The third kappa shape index (κ3) is 4.82. The van der Waals surface area contributed by atoms with Crippen LogP contribution >= 0.6 is 0 Å². The van der Waals surface area contributed by atoms with Crippen molar-refractivity contribution in [3.8, 4) is 0 Å². The zero-order valence-corrected chi connectivity index (χ0v) is 11.1. The molecule has 0 aromatic rings. The number of aliphatic hydroxyl groups is 3. The molecule has 4 atom stereocenters. The zero-order valence-electron chi connectivity index (χ0n) is 11.1. The third-order valence-corrected chi connectivity index (χ3v) is 3.28. The fraction of sp³-hybridized carbons (Fsp3) is 1.00. The van der Waals surface area contributed by atoms with E-state index in [1.165, 1.54) is 25.7 Å². The average molecular weight is 262 g/mol. The van der Waals surface area contributed by atoms with Gasteiger partial charge in [-0.05, 0) is 6.42 Å². The van der Waals surface area contributed by atoms with E-state index in [1.807, 2.05) is 0 Å². The average Bonchev–Trinajstić information content (AvgIpc) is 2.65. The van der Waals surface area contributed by atoms with Crippen LogP contribution in [0.2, 0.25) is 0 Å². The Morgan fingerprint density at radius 2 is 1.67 bits per heavy atom. The summed E-state index contributed by atoms with van der Waals surface area (Å²) in [6.45, 7) is 2.39.